The second-order valence-electron chi connectivity index (χ2n) is 7.09. The summed E-state index contributed by atoms with van der Waals surface area (Å²) in [6, 6.07) is 0. The van der Waals surface area contributed by atoms with Crippen LogP contribution in [-0.4, -0.2) is 40.2 Å². The first-order valence-electron chi connectivity index (χ1n) is 9.90. The Labute approximate surface area is 152 Å². The highest BCUT2D eigenvalue weighted by atomic mass is 32.2. The maximum Gasteiger partial charge on any atom is 0.306 e. The number of hydrogen-bond donors (Lipinski definition) is 1. The van der Waals surface area contributed by atoms with Crippen molar-refractivity contribution in [3.8, 4) is 0 Å². The third-order valence-corrected chi connectivity index (χ3v) is 6.29. The standard InChI is InChI=1S/C19H39N3OS/c1-6-10-12-17(8-3)14-21(15-18(9-4)13-11-7-2)22-19(23)24(5)16-20-22/h16-18,20H,6-15H2,1-5H3. The van der Waals surface area contributed by atoms with Crippen LogP contribution < -0.4 is 5.43 Å². The molecular weight excluding hydrogens is 318 g/mol. The maximum absolute atomic E-state index is 12.5. The molecular formula is C19H39N3OS. The molecule has 0 saturated carbocycles. The summed E-state index contributed by atoms with van der Waals surface area (Å²) in [6.45, 7) is 11.0. The van der Waals surface area contributed by atoms with Gasteiger partial charge in [-0.1, -0.05) is 76.7 Å². The molecule has 4 nitrogen and oxygen atoms in total. The zero-order valence-corrected chi connectivity index (χ0v) is 17.3. The van der Waals surface area contributed by atoms with E-state index in [4.69, 9.17) is 0 Å². The highest BCUT2D eigenvalue weighted by Gasteiger charge is 2.29. The van der Waals surface area contributed by atoms with Crippen molar-refractivity contribution in [2.75, 3.05) is 19.3 Å². The molecule has 0 aliphatic carbocycles. The Morgan fingerprint density at radius 2 is 1.54 bits per heavy atom. The predicted octanol–water partition coefficient (Wildman–Crippen LogP) is 5.23. The van der Waals surface area contributed by atoms with Crippen LogP contribution in [0, 0.1) is 11.8 Å². The van der Waals surface area contributed by atoms with Crippen molar-refractivity contribution in [2.24, 2.45) is 11.8 Å². The van der Waals surface area contributed by atoms with Crippen molar-refractivity contribution in [1.29, 1.82) is 0 Å². The maximum atomic E-state index is 12.5. The van der Waals surface area contributed by atoms with Crippen LogP contribution in [0.5, 0.6) is 0 Å². The Hall–Kier alpha value is -0.390. The Kier molecular flexibility index (Phi) is 10.9. The normalized spacial score (nSPS) is 20.5. The van der Waals surface area contributed by atoms with Gasteiger partial charge >= 0.3 is 5.24 Å². The number of amides is 1. The van der Waals surface area contributed by atoms with Crippen LogP contribution in [-0.2, 0) is 0 Å². The van der Waals surface area contributed by atoms with Gasteiger partial charge in [-0.15, -0.1) is 0 Å². The number of rotatable bonds is 13. The van der Waals surface area contributed by atoms with Crippen molar-refractivity contribution in [2.45, 2.75) is 79.1 Å². The third kappa shape index (κ3) is 6.85. The summed E-state index contributed by atoms with van der Waals surface area (Å²) in [5, 5.41) is 4.33. The van der Waals surface area contributed by atoms with Gasteiger partial charge in [-0.25, -0.2) is 5.01 Å². The van der Waals surface area contributed by atoms with Gasteiger partial charge < -0.3 is 0 Å². The van der Waals surface area contributed by atoms with Gasteiger partial charge in [-0.05, 0) is 30.9 Å². The van der Waals surface area contributed by atoms with Gasteiger partial charge in [-0.3, -0.25) is 4.79 Å². The summed E-state index contributed by atoms with van der Waals surface area (Å²) in [7, 11) is -0.303. The van der Waals surface area contributed by atoms with Crippen LogP contribution in [0.3, 0.4) is 0 Å². The molecule has 3 unspecified atom stereocenters. The van der Waals surface area contributed by atoms with E-state index in [1.807, 2.05) is 16.9 Å². The van der Waals surface area contributed by atoms with E-state index in [1.165, 1.54) is 51.4 Å². The van der Waals surface area contributed by atoms with Gasteiger partial charge in [0.25, 0.3) is 0 Å². The molecule has 0 saturated heterocycles. The quantitative estimate of drug-likeness (QED) is 0.458. The molecule has 24 heavy (non-hydrogen) atoms. The lowest BCUT2D eigenvalue weighted by Gasteiger charge is -2.36. The summed E-state index contributed by atoms with van der Waals surface area (Å²) in [6.07, 6.45) is 12.0. The average molecular weight is 358 g/mol. The molecule has 0 bridgehead atoms. The minimum Gasteiger partial charge on any atom is -0.259 e. The van der Waals surface area contributed by atoms with Crippen molar-refractivity contribution in [1.82, 2.24) is 15.6 Å². The Morgan fingerprint density at radius 3 is 1.88 bits per heavy atom. The molecule has 0 fully saturated rings. The van der Waals surface area contributed by atoms with Gasteiger partial charge in [-0.2, -0.15) is 10.5 Å². The van der Waals surface area contributed by atoms with E-state index < -0.39 is 0 Å². The van der Waals surface area contributed by atoms with E-state index >= 15 is 0 Å². The first-order chi connectivity index (χ1) is 11.6. The summed E-state index contributed by atoms with van der Waals surface area (Å²) in [4.78, 5) is 12.5. The number of carbonyl (C=O) groups is 1. The SMILES string of the molecule is CCCCC(CC)CN(CC(CC)CCCC)N1NC=S(C)C1=O. The van der Waals surface area contributed by atoms with Gasteiger partial charge in [0.1, 0.15) is 0 Å². The smallest absolute Gasteiger partial charge is 0.259 e. The zero-order valence-electron chi connectivity index (χ0n) is 16.5. The van der Waals surface area contributed by atoms with E-state index in [0.29, 0.717) is 11.8 Å². The molecule has 5 heteroatoms. The molecule has 0 aromatic heterocycles. The molecule has 142 valence electrons. The lowest BCUT2D eigenvalue weighted by molar-refractivity contribution is -0.0222. The van der Waals surface area contributed by atoms with E-state index in [2.05, 4.69) is 38.1 Å². The minimum atomic E-state index is -0.303. The fraction of sp³-hybridized carbons (Fsp3) is 0.895. The number of hydrogen-bond acceptors (Lipinski definition) is 3. The van der Waals surface area contributed by atoms with E-state index in [0.717, 1.165) is 13.1 Å². The predicted molar refractivity (Wildman–Crippen MR) is 108 cm³/mol. The van der Waals surface area contributed by atoms with Crippen LogP contribution in [0.2, 0.25) is 0 Å². The number of hydrazine groups is 2. The summed E-state index contributed by atoms with van der Waals surface area (Å²) >= 11 is 0. The first-order valence-corrected chi connectivity index (χ1v) is 11.6. The Bertz CT molecular complexity index is 382. The van der Waals surface area contributed by atoms with E-state index in [-0.39, 0.29) is 15.7 Å². The molecule has 1 aliphatic heterocycles. The van der Waals surface area contributed by atoms with Gasteiger partial charge in [0.15, 0.2) is 0 Å². The largest absolute Gasteiger partial charge is 0.306 e. The van der Waals surface area contributed by atoms with Crippen LogP contribution in [0.4, 0.5) is 4.79 Å². The fourth-order valence-corrected chi connectivity index (χ4v) is 4.03. The highest BCUT2D eigenvalue weighted by molar-refractivity contribution is 8.27. The second-order valence-corrected chi connectivity index (χ2v) is 8.79. The summed E-state index contributed by atoms with van der Waals surface area (Å²) < 4.78 is 0. The first kappa shape index (κ1) is 21.7. The molecule has 0 spiro atoms. The van der Waals surface area contributed by atoms with Gasteiger partial charge in [0.05, 0.1) is 0 Å². The van der Waals surface area contributed by atoms with Crippen molar-refractivity contribution < 1.29 is 4.79 Å². The van der Waals surface area contributed by atoms with Crippen LogP contribution in [0.25, 0.3) is 0 Å². The molecule has 0 aromatic rings. The highest BCUT2D eigenvalue weighted by Crippen LogP contribution is 2.24. The third-order valence-electron chi connectivity index (χ3n) is 5.11. The van der Waals surface area contributed by atoms with Crippen LogP contribution >= 0.6 is 10.5 Å². The molecule has 1 aliphatic rings. The average Bonchev–Trinajstić information content (AvgIpc) is 2.93. The number of unbranched alkanes of at least 4 members (excludes halogenated alkanes) is 2. The Balaban J connectivity index is 2.76. The fourth-order valence-electron chi connectivity index (χ4n) is 3.23. The van der Waals surface area contributed by atoms with Crippen molar-refractivity contribution in [3.63, 3.8) is 0 Å². The van der Waals surface area contributed by atoms with E-state index in [1.54, 1.807) is 0 Å². The summed E-state index contributed by atoms with van der Waals surface area (Å²) in [5.41, 5.74) is 5.16. The molecule has 1 heterocycles. The second kappa shape index (κ2) is 12.0. The van der Waals surface area contributed by atoms with Crippen LogP contribution in [0.15, 0.2) is 0 Å². The monoisotopic (exact) mass is 357 g/mol. The molecule has 0 aromatic carbocycles. The number of nitrogens with one attached hydrogen (secondary N) is 1. The van der Waals surface area contributed by atoms with Crippen molar-refractivity contribution in [3.05, 3.63) is 0 Å². The summed E-state index contributed by atoms with van der Waals surface area (Å²) in [5.74, 6) is 1.34. The van der Waals surface area contributed by atoms with Crippen molar-refractivity contribution >= 4 is 21.2 Å². The minimum absolute atomic E-state index is 0.214. The number of nitrogens with zero attached hydrogens (tertiary/aromatic N) is 2. The van der Waals surface area contributed by atoms with Crippen LogP contribution in [0.1, 0.15) is 79.1 Å². The topological polar surface area (TPSA) is 35.6 Å². The molecule has 1 N–H and O–H groups in total. The van der Waals surface area contributed by atoms with E-state index in [9.17, 15) is 4.79 Å². The lowest BCUT2D eigenvalue weighted by atomic mass is 9.96. The molecule has 1 amide bonds. The lowest BCUT2D eigenvalue weighted by Crippen LogP contribution is -2.52. The molecule has 1 rings (SSSR count). The van der Waals surface area contributed by atoms with Gasteiger partial charge in [0, 0.05) is 18.6 Å². The number of carbonyl (C=O) groups excluding carboxylic acids is 1. The molecule has 0 radical (unpaired) electrons. The Morgan fingerprint density at radius 1 is 1.04 bits per heavy atom. The molecule has 3 atom stereocenters. The zero-order chi connectivity index (χ0) is 17.9. The van der Waals surface area contributed by atoms with Gasteiger partial charge in [0.2, 0.25) is 0 Å².